The number of benzene rings is 1. The van der Waals surface area contributed by atoms with Crippen molar-refractivity contribution in [1.29, 1.82) is 5.26 Å². The van der Waals surface area contributed by atoms with Crippen LogP contribution in [-0.2, 0) is 4.79 Å². The van der Waals surface area contributed by atoms with Gasteiger partial charge in [0.1, 0.15) is 11.9 Å². The summed E-state index contributed by atoms with van der Waals surface area (Å²) in [5, 5.41) is 21.6. The Kier molecular flexibility index (Phi) is 5.62. The predicted octanol–water partition coefficient (Wildman–Crippen LogP) is 3.86. The third-order valence-electron chi connectivity index (χ3n) is 7.62. The minimum absolute atomic E-state index is 0.0250. The van der Waals surface area contributed by atoms with Crippen molar-refractivity contribution in [3.63, 3.8) is 0 Å². The van der Waals surface area contributed by atoms with Crippen molar-refractivity contribution in [1.82, 2.24) is 14.9 Å². The Morgan fingerprint density at radius 3 is 2.74 bits per heavy atom. The second-order valence-corrected chi connectivity index (χ2v) is 9.99. The Bertz CT molecular complexity index is 1320. The van der Waals surface area contributed by atoms with E-state index in [2.05, 4.69) is 28.1 Å². The van der Waals surface area contributed by atoms with Gasteiger partial charge >= 0.3 is 0 Å². The summed E-state index contributed by atoms with van der Waals surface area (Å²) in [4.78, 5) is 26.3. The van der Waals surface area contributed by atoms with Crippen LogP contribution in [0.2, 0.25) is 0 Å². The van der Waals surface area contributed by atoms with Gasteiger partial charge < -0.3 is 14.9 Å². The number of hydrogen-bond acceptors (Lipinski definition) is 6. The lowest BCUT2D eigenvalue weighted by Crippen LogP contribution is -2.56. The molecule has 1 atom stereocenters. The second kappa shape index (κ2) is 8.94. The Balaban J connectivity index is 1.40. The fourth-order valence-electron chi connectivity index (χ4n) is 5.52. The fraction of sp³-hybridized carbons (Fsp3) is 0.429. The van der Waals surface area contributed by atoms with Crippen LogP contribution < -0.4 is 4.90 Å². The van der Waals surface area contributed by atoms with Gasteiger partial charge in [0.25, 0.3) is 0 Å². The van der Waals surface area contributed by atoms with E-state index in [-0.39, 0.29) is 25.0 Å². The lowest BCUT2D eigenvalue weighted by Gasteiger charge is -2.42. The van der Waals surface area contributed by atoms with E-state index in [4.69, 9.17) is 4.98 Å². The van der Waals surface area contributed by atoms with Crippen LogP contribution in [0.15, 0.2) is 42.7 Å². The number of aliphatic hydroxyl groups excluding tert-OH is 1. The molecule has 0 bridgehead atoms. The van der Waals surface area contributed by atoms with E-state index in [1.54, 1.807) is 0 Å². The van der Waals surface area contributed by atoms with Gasteiger partial charge in [-0.1, -0.05) is 18.2 Å². The van der Waals surface area contributed by atoms with Gasteiger partial charge in [-0.15, -0.1) is 0 Å². The summed E-state index contributed by atoms with van der Waals surface area (Å²) in [5.74, 6) is 1.69. The van der Waals surface area contributed by atoms with Gasteiger partial charge in [-0.2, -0.15) is 5.26 Å². The number of nitriles is 1. The standard InChI is InChI=1S/C28H29N5O2/c29-15-21-14-24(23-3-1-2-20-16-30-10-8-22(20)23)27(19-6-7-19)31-28(21)32-11-12-33(26(35)9-13-34)25(17-32)18-4-5-18/h1-3,8,10,14,16,18-19,25,34H,4-7,9,11-13,17H2. The van der Waals surface area contributed by atoms with Crippen molar-refractivity contribution in [2.75, 3.05) is 31.1 Å². The Morgan fingerprint density at radius 1 is 1.14 bits per heavy atom. The average Bonchev–Trinajstić information content (AvgIpc) is 3.81. The summed E-state index contributed by atoms with van der Waals surface area (Å²) >= 11 is 0. The van der Waals surface area contributed by atoms with Gasteiger partial charge in [0.2, 0.25) is 5.91 Å². The molecule has 2 saturated carbocycles. The number of amides is 1. The number of carbonyl (C=O) groups excluding carboxylic acids is 1. The van der Waals surface area contributed by atoms with Crippen molar-refractivity contribution >= 4 is 22.5 Å². The monoisotopic (exact) mass is 467 g/mol. The third kappa shape index (κ3) is 4.12. The molecule has 1 unspecified atom stereocenters. The highest BCUT2D eigenvalue weighted by molar-refractivity contribution is 5.97. The maximum atomic E-state index is 12.6. The minimum atomic E-state index is -0.118. The van der Waals surface area contributed by atoms with Crippen molar-refractivity contribution in [2.24, 2.45) is 5.92 Å². The van der Waals surface area contributed by atoms with Crippen LogP contribution in [0.1, 0.15) is 49.3 Å². The van der Waals surface area contributed by atoms with E-state index < -0.39 is 0 Å². The van der Waals surface area contributed by atoms with Crippen LogP contribution in [0.3, 0.4) is 0 Å². The average molecular weight is 468 g/mol. The van der Waals surface area contributed by atoms with Crippen LogP contribution in [0.4, 0.5) is 5.82 Å². The zero-order valence-corrected chi connectivity index (χ0v) is 19.7. The summed E-state index contributed by atoms with van der Waals surface area (Å²) in [6.07, 6.45) is 8.34. The number of pyridine rings is 2. The number of aromatic nitrogens is 2. The molecular formula is C28H29N5O2. The number of aliphatic hydroxyl groups is 1. The number of carbonyl (C=O) groups is 1. The number of fused-ring (bicyclic) bond motifs is 1. The third-order valence-corrected chi connectivity index (χ3v) is 7.62. The van der Waals surface area contributed by atoms with E-state index in [0.717, 1.165) is 59.1 Å². The number of rotatable bonds is 6. The zero-order valence-electron chi connectivity index (χ0n) is 19.7. The molecule has 1 amide bonds. The first kappa shape index (κ1) is 22.0. The van der Waals surface area contributed by atoms with Crippen LogP contribution >= 0.6 is 0 Å². The topological polar surface area (TPSA) is 93.4 Å². The molecule has 1 N–H and O–H groups in total. The maximum absolute atomic E-state index is 12.6. The molecule has 7 nitrogen and oxygen atoms in total. The largest absolute Gasteiger partial charge is 0.396 e. The van der Waals surface area contributed by atoms with Crippen molar-refractivity contribution in [2.45, 2.75) is 44.1 Å². The summed E-state index contributed by atoms with van der Waals surface area (Å²) in [7, 11) is 0. The highest BCUT2D eigenvalue weighted by Crippen LogP contribution is 2.46. The molecule has 3 heterocycles. The molecule has 0 radical (unpaired) electrons. The molecule has 2 aromatic heterocycles. The number of piperazine rings is 1. The van der Waals surface area contributed by atoms with E-state index in [1.165, 1.54) is 0 Å². The molecule has 35 heavy (non-hydrogen) atoms. The molecule has 1 aliphatic heterocycles. The summed E-state index contributed by atoms with van der Waals surface area (Å²) in [6, 6.07) is 12.8. The van der Waals surface area contributed by atoms with Crippen molar-refractivity contribution in [3.8, 4) is 17.2 Å². The van der Waals surface area contributed by atoms with E-state index in [0.29, 0.717) is 37.0 Å². The molecule has 3 fully saturated rings. The van der Waals surface area contributed by atoms with Gasteiger partial charge in [0.15, 0.2) is 0 Å². The number of hydrogen-bond donors (Lipinski definition) is 1. The summed E-state index contributed by atoms with van der Waals surface area (Å²) in [6.45, 7) is 1.81. The van der Waals surface area contributed by atoms with Crippen LogP contribution in [-0.4, -0.2) is 58.2 Å². The highest BCUT2D eigenvalue weighted by Gasteiger charge is 2.41. The molecule has 2 aliphatic carbocycles. The lowest BCUT2D eigenvalue weighted by atomic mass is 9.95. The zero-order chi connectivity index (χ0) is 23.9. The first-order chi connectivity index (χ1) is 17.2. The maximum Gasteiger partial charge on any atom is 0.225 e. The van der Waals surface area contributed by atoms with E-state index in [9.17, 15) is 15.2 Å². The summed E-state index contributed by atoms with van der Waals surface area (Å²) < 4.78 is 0. The number of nitrogens with zero attached hydrogens (tertiary/aromatic N) is 5. The first-order valence-electron chi connectivity index (χ1n) is 12.6. The molecule has 1 saturated heterocycles. The molecule has 1 aromatic carbocycles. The quantitative estimate of drug-likeness (QED) is 0.592. The molecule has 7 heteroatoms. The minimum Gasteiger partial charge on any atom is -0.396 e. The SMILES string of the molecule is N#Cc1cc(-c2cccc3cnccc23)c(C2CC2)nc1N1CCN(C(=O)CCO)C(C2CC2)C1. The van der Waals surface area contributed by atoms with Gasteiger partial charge in [0.05, 0.1) is 23.9 Å². The van der Waals surface area contributed by atoms with Gasteiger partial charge in [-0.3, -0.25) is 9.78 Å². The van der Waals surface area contributed by atoms with Gasteiger partial charge in [0, 0.05) is 55.3 Å². The fourth-order valence-corrected chi connectivity index (χ4v) is 5.52. The lowest BCUT2D eigenvalue weighted by molar-refractivity contribution is -0.135. The molecule has 178 valence electrons. The van der Waals surface area contributed by atoms with Gasteiger partial charge in [-0.25, -0.2) is 4.98 Å². The summed E-state index contributed by atoms with van der Waals surface area (Å²) in [5.41, 5.74) is 3.79. The molecule has 6 rings (SSSR count). The van der Waals surface area contributed by atoms with Crippen LogP contribution in [0, 0.1) is 17.2 Å². The van der Waals surface area contributed by atoms with Gasteiger partial charge in [-0.05, 0) is 54.7 Å². The van der Waals surface area contributed by atoms with E-state index in [1.807, 2.05) is 35.5 Å². The first-order valence-corrected chi connectivity index (χ1v) is 12.6. The van der Waals surface area contributed by atoms with Crippen LogP contribution in [0.5, 0.6) is 0 Å². The second-order valence-electron chi connectivity index (χ2n) is 9.99. The van der Waals surface area contributed by atoms with Crippen LogP contribution in [0.25, 0.3) is 21.9 Å². The van der Waals surface area contributed by atoms with Crippen molar-refractivity contribution in [3.05, 3.63) is 54.0 Å². The Hall–Kier alpha value is -3.50. The smallest absolute Gasteiger partial charge is 0.225 e. The van der Waals surface area contributed by atoms with Crippen molar-refractivity contribution < 1.29 is 9.90 Å². The Labute approximate surface area is 205 Å². The molecule has 3 aromatic rings. The molecule has 3 aliphatic rings. The number of anilines is 1. The van der Waals surface area contributed by atoms with E-state index >= 15 is 0 Å². The normalized spacial score (nSPS) is 20.2. The molecule has 0 spiro atoms. The Morgan fingerprint density at radius 2 is 2.00 bits per heavy atom. The predicted molar refractivity (Wildman–Crippen MR) is 134 cm³/mol. The highest BCUT2D eigenvalue weighted by atomic mass is 16.3. The molecular weight excluding hydrogens is 438 g/mol.